The molecule has 3 heterocycles. The highest BCUT2D eigenvalue weighted by Gasteiger charge is 2.43. The molecular formula is C65H66N6. The Hall–Kier alpha value is -8.09. The summed E-state index contributed by atoms with van der Waals surface area (Å²) in [5.41, 5.74) is 42.9. The van der Waals surface area contributed by atoms with Crippen LogP contribution in [-0.2, 0) is 0 Å². The van der Waals surface area contributed by atoms with Crippen molar-refractivity contribution in [2.75, 3.05) is 4.90 Å². The van der Waals surface area contributed by atoms with E-state index in [0.717, 1.165) is 72.8 Å². The molecule has 5 aromatic carbocycles. The fourth-order valence-electron chi connectivity index (χ4n) is 11.2. The predicted molar refractivity (Wildman–Crippen MR) is 306 cm³/mol. The topological polar surface area (TPSA) is 99.1 Å². The van der Waals surface area contributed by atoms with Crippen molar-refractivity contribution in [1.82, 2.24) is 9.55 Å². The zero-order chi connectivity index (χ0) is 50.2. The lowest BCUT2D eigenvalue weighted by atomic mass is 9.61. The molecule has 0 fully saturated rings. The highest BCUT2D eigenvalue weighted by Crippen LogP contribution is 2.62. The van der Waals surface area contributed by atoms with Gasteiger partial charge >= 0.3 is 0 Å². The standard InChI is InChI=1S/C63H60N6.C2H6/c1-9-14-49(36-65)68-31-28-48(44-20-24-46(25-21-44)56-17-11-12-30-67-56)32-37(3)50-34-51-39(5)40(6)52-35-54-53-33-47(43-18-22-45(23-19-43)55(66)15-10-2)26-27-57(53)69(38(4)16-13-29-64)63(54)59-42(8)41(7)58(62(50)68)60(51)61(52)59;1-2/h9-36,39-42H,2-3,64-66H2,1,4-8H3;1-2H3/b14-9-,29-13-,31-28-,38-16+,48-32+,49-36+,55-15-;. The Morgan fingerprint density at radius 2 is 1.39 bits per heavy atom. The molecule has 3 aliphatic rings. The lowest BCUT2D eigenvalue weighted by Gasteiger charge is -2.44. The molecule has 0 saturated heterocycles. The summed E-state index contributed by atoms with van der Waals surface area (Å²) in [5, 5.41) is 2.49. The molecule has 6 nitrogen and oxygen atoms in total. The molecule has 4 unspecified atom stereocenters. The third-order valence-corrected chi connectivity index (χ3v) is 15.1. The number of hydrogen-bond acceptors (Lipinski definition) is 5. The van der Waals surface area contributed by atoms with Gasteiger partial charge in [-0.3, -0.25) is 4.98 Å². The van der Waals surface area contributed by atoms with Crippen LogP contribution < -0.4 is 22.1 Å². The van der Waals surface area contributed by atoms with E-state index in [1.165, 1.54) is 49.7 Å². The number of anilines is 1. The van der Waals surface area contributed by atoms with Crippen LogP contribution in [0.1, 0.15) is 118 Å². The molecule has 0 radical (unpaired) electrons. The lowest BCUT2D eigenvalue weighted by Crippen LogP contribution is -2.28. The Morgan fingerprint density at radius 3 is 2.06 bits per heavy atom. The van der Waals surface area contributed by atoms with Crippen LogP contribution >= 0.6 is 0 Å². The minimum atomic E-state index is 0.118. The molecule has 7 aromatic rings. The summed E-state index contributed by atoms with van der Waals surface area (Å²) in [4.78, 5) is 6.89. The monoisotopic (exact) mass is 931 g/mol. The fourth-order valence-corrected chi connectivity index (χ4v) is 11.2. The molecule has 6 heteroatoms. The number of fused-ring (bicyclic) bond motifs is 6. The summed E-state index contributed by atoms with van der Waals surface area (Å²) in [6.45, 7) is 26.6. The quantitative estimate of drug-likeness (QED) is 0.125. The molecule has 71 heavy (non-hydrogen) atoms. The van der Waals surface area contributed by atoms with E-state index in [-0.39, 0.29) is 23.7 Å². The number of nitrogens with zero attached hydrogens (tertiary/aromatic N) is 3. The van der Waals surface area contributed by atoms with Crippen molar-refractivity contribution in [3.05, 3.63) is 228 Å². The van der Waals surface area contributed by atoms with Gasteiger partial charge < -0.3 is 26.7 Å². The van der Waals surface area contributed by atoms with Gasteiger partial charge in [0.05, 0.1) is 28.1 Å². The summed E-state index contributed by atoms with van der Waals surface area (Å²) in [7, 11) is 0. The van der Waals surface area contributed by atoms with Crippen LogP contribution in [0, 0.1) is 0 Å². The Morgan fingerprint density at radius 1 is 0.732 bits per heavy atom. The van der Waals surface area contributed by atoms with Crippen LogP contribution in [0.5, 0.6) is 0 Å². The Labute approximate surface area is 420 Å². The number of pyridine rings is 1. The largest absolute Gasteiger partial charge is 0.405 e. The van der Waals surface area contributed by atoms with Crippen molar-refractivity contribution in [1.29, 1.82) is 0 Å². The molecule has 4 atom stereocenters. The molecule has 10 rings (SSSR count). The zero-order valence-corrected chi connectivity index (χ0v) is 42.5. The number of aromatic nitrogens is 2. The van der Waals surface area contributed by atoms with Gasteiger partial charge in [-0.2, -0.15) is 0 Å². The summed E-state index contributed by atoms with van der Waals surface area (Å²) in [6, 6.07) is 35.0. The second-order valence-corrected chi connectivity index (χ2v) is 18.8. The van der Waals surface area contributed by atoms with E-state index >= 15 is 0 Å². The Balaban J connectivity index is 0.00000308. The summed E-state index contributed by atoms with van der Waals surface area (Å²) < 4.78 is 2.48. The van der Waals surface area contributed by atoms with Gasteiger partial charge in [0.2, 0.25) is 0 Å². The van der Waals surface area contributed by atoms with E-state index in [9.17, 15) is 0 Å². The number of hydrogen-bond donors (Lipinski definition) is 3. The number of benzene rings is 5. The second kappa shape index (κ2) is 19.7. The fraction of sp³-hybridized carbons (Fsp3) is 0.185. The molecule has 0 bridgehead atoms. The van der Waals surface area contributed by atoms with Gasteiger partial charge in [0.25, 0.3) is 0 Å². The van der Waals surface area contributed by atoms with Crippen molar-refractivity contribution >= 4 is 50.0 Å². The molecule has 1 aliphatic heterocycles. The maximum Gasteiger partial charge on any atom is 0.0701 e. The summed E-state index contributed by atoms with van der Waals surface area (Å²) >= 11 is 0. The molecule has 0 amide bonds. The predicted octanol–water partition coefficient (Wildman–Crippen LogP) is 16.3. The third kappa shape index (κ3) is 8.07. The molecule has 0 spiro atoms. The molecular weight excluding hydrogens is 865 g/mol. The number of nitrogens with two attached hydrogens (primary N) is 3. The summed E-state index contributed by atoms with van der Waals surface area (Å²) in [5.74, 6) is 0.726. The van der Waals surface area contributed by atoms with Crippen molar-refractivity contribution < 1.29 is 0 Å². The van der Waals surface area contributed by atoms with Crippen molar-refractivity contribution in [3.63, 3.8) is 0 Å². The highest BCUT2D eigenvalue weighted by atomic mass is 15.1. The van der Waals surface area contributed by atoms with E-state index in [1.54, 1.807) is 18.5 Å². The lowest BCUT2D eigenvalue weighted by molar-refractivity contribution is 0.582. The van der Waals surface area contributed by atoms with Gasteiger partial charge in [0.1, 0.15) is 0 Å². The van der Waals surface area contributed by atoms with Crippen molar-refractivity contribution in [2.24, 2.45) is 17.2 Å². The second-order valence-electron chi connectivity index (χ2n) is 18.8. The smallest absolute Gasteiger partial charge is 0.0701 e. The van der Waals surface area contributed by atoms with E-state index in [0.29, 0.717) is 5.70 Å². The minimum Gasteiger partial charge on any atom is -0.405 e. The highest BCUT2D eigenvalue weighted by molar-refractivity contribution is 6.15. The van der Waals surface area contributed by atoms with Crippen LogP contribution in [0.4, 0.5) is 5.69 Å². The first-order valence-electron chi connectivity index (χ1n) is 25.0. The van der Waals surface area contributed by atoms with E-state index in [4.69, 9.17) is 23.8 Å². The van der Waals surface area contributed by atoms with Crippen LogP contribution in [0.2, 0.25) is 0 Å². The average molecular weight is 931 g/mol. The maximum absolute atomic E-state index is 6.60. The number of allylic oxidation sites excluding steroid dienone is 11. The van der Waals surface area contributed by atoms with Crippen LogP contribution in [0.15, 0.2) is 189 Å². The molecule has 356 valence electrons. The minimum absolute atomic E-state index is 0.118. The molecule has 0 saturated carbocycles. The molecule has 2 aliphatic carbocycles. The average Bonchev–Trinajstić information content (AvgIpc) is 3.73. The van der Waals surface area contributed by atoms with Gasteiger partial charge in [0, 0.05) is 51.9 Å². The Bertz CT molecular complexity index is 3460. The Kier molecular flexibility index (Phi) is 13.3. The van der Waals surface area contributed by atoms with Crippen molar-refractivity contribution in [3.8, 4) is 33.5 Å². The van der Waals surface area contributed by atoms with Crippen LogP contribution in [0.3, 0.4) is 0 Å². The van der Waals surface area contributed by atoms with Gasteiger partial charge in [-0.05, 0) is 183 Å². The molecule has 6 N–H and O–H groups in total. The van der Waals surface area contributed by atoms with Gasteiger partial charge in [-0.25, -0.2) is 0 Å². The van der Waals surface area contributed by atoms with E-state index in [2.05, 4.69) is 171 Å². The SMILES string of the molecule is C=C/C=C(\N)c1ccc(-c2ccc3c(c2)c2cc4c5c(c2n3/C(C)=C/C=C\N)C(C)C(C)c2c-5c(cc3c2N(C(/C=C\C)=C/N)/C=C\C(c2ccc(-c5ccccn5)cc2)=C/C3=C)C(C)C4C)cc1.CC. The first-order chi connectivity index (χ1) is 34.5. The molecule has 2 aromatic heterocycles. The van der Waals surface area contributed by atoms with Gasteiger partial charge in [-0.15, -0.1) is 0 Å². The third-order valence-electron chi connectivity index (χ3n) is 15.1. The first kappa shape index (κ1) is 48.0. The maximum atomic E-state index is 6.60. The normalized spacial score (nSPS) is 20.0. The van der Waals surface area contributed by atoms with Crippen LogP contribution in [-0.4, -0.2) is 9.55 Å². The van der Waals surface area contributed by atoms with Crippen molar-refractivity contribution in [2.45, 2.75) is 79.1 Å². The van der Waals surface area contributed by atoms with Gasteiger partial charge in [0.15, 0.2) is 0 Å². The first-order valence-corrected chi connectivity index (χ1v) is 25.0. The number of rotatable bonds is 9. The van der Waals surface area contributed by atoms with E-state index in [1.807, 2.05) is 57.3 Å². The van der Waals surface area contributed by atoms with Crippen LogP contribution in [0.25, 0.3) is 77.9 Å². The van der Waals surface area contributed by atoms with E-state index < -0.39 is 0 Å². The summed E-state index contributed by atoms with van der Waals surface area (Å²) in [6.07, 6.45) is 23.6. The van der Waals surface area contributed by atoms with Gasteiger partial charge in [-0.1, -0.05) is 128 Å². The zero-order valence-electron chi connectivity index (χ0n) is 42.5.